The first-order chi connectivity index (χ1) is 25.1. The van der Waals surface area contributed by atoms with Crippen molar-refractivity contribution >= 4 is 12.1 Å². The van der Waals surface area contributed by atoms with Crippen LogP contribution in [0, 0.1) is 5.92 Å². The molecule has 6 unspecified atom stereocenters. The summed E-state index contributed by atoms with van der Waals surface area (Å²) in [6.45, 7) is 6.27. The molecule has 3 aliphatic heterocycles. The van der Waals surface area contributed by atoms with Gasteiger partial charge in [0.2, 0.25) is 0 Å². The van der Waals surface area contributed by atoms with Crippen molar-refractivity contribution in [3.8, 4) is 0 Å². The molecule has 0 spiro atoms. The number of carboxylic acids is 1. The lowest BCUT2D eigenvalue weighted by Crippen LogP contribution is -2.68. The van der Waals surface area contributed by atoms with Gasteiger partial charge in [-0.05, 0) is 20.8 Å². The predicted molar refractivity (Wildman–Crippen MR) is 175 cm³/mol. The van der Waals surface area contributed by atoms with Crippen LogP contribution in [0.1, 0.15) is 34.1 Å². The Labute approximate surface area is 310 Å². The van der Waals surface area contributed by atoms with Crippen molar-refractivity contribution in [3.63, 3.8) is 0 Å². The molecule has 1 amide bonds. The van der Waals surface area contributed by atoms with E-state index in [1.54, 1.807) is 20.8 Å². The molecule has 3 rings (SSSR count). The molecule has 0 aliphatic carbocycles. The summed E-state index contributed by atoms with van der Waals surface area (Å²) in [6.07, 6.45) is -28.0. The standard InChI is InChI=1S/C32H55NO21/c1-6-14(37)13(33-30(47)54-31(3,4)5)11-48-27-22(43)21(42)25(18(10-36)50-27)51-28-23(44)26(20(41)17(9-35)49-28)53-32(29(45)46)7-15(38)12(2)24(52-32)19(40)16(39)8-34/h6,12-28,34-44H,1,7-11H2,2-5H3,(H,33,47)(H,45,46)/t12-,13+,14-,15-,16-,17?,18?,19-,20+,21-,22+,23+,24?,25-,26+,27?,28?,32?/m1/s1. The van der Waals surface area contributed by atoms with Gasteiger partial charge in [-0.15, -0.1) is 6.58 Å². The summed E-state index contributed by atoms with van der Waals surface area (Å²) in [4.78, 5) is 24.9. The number of alkyl carbamates (subject to hydrolysis) is 1. The molecule has 3 fully saturated rings. The first-order valence-corrected chi connectivity index (χ1v) is 17.2. The van der Waals surface area contributed by atoms with E-state index in [0.29, 0.717) is 0 Å². The van der Waals surface area contributed by atoms with Crippen molar-refractivity contribution in [1.29, 1.82) is 0 Å². The molecule has 3 aliphatic rings. The normalized spacial score (nSPS) is 39.9. The second-order valence-electron chi connectivity index (χ2n) is 14.4. The number of aliphatic hydroxyl groups excluding tert-OH is 11. The van der Waals surface area contributed by atoms with Gasteiger partial charge in [0, 0.05) is 12.3 Å². The molecule has 13 N–H and O–H groups in total. The zero-order chi connectivity index (χ0) is 40.9. The van der Waals surface area contributed by atoms with Crippen LogP contribution in [0.2, 0.25) is 0 Å². The highest BCUT2D eigenvalue weighted by molar-refractivity contribution is 5.76. The SMILES string of the molecule is C=C[C@@H](O)[C@H](COC1OC(CO)[C@@H](OC2OC(CO)[C@H](O)[C@H](OC3(C(=O)O)C[C@@H](O)[C@@H](C)C([C@H](O)[C@H](O)CO)O3)[C@@H]2O)[C@H](O)[C@@H]1O)NC(=O)OC(C)(C)C. The Hall–Kier alpha value is -2.20. The molecular weight excluding hydrogens is 734 g/mol. The number of nitrogens with one attached hydrogen (secondary N) is 1. The van der Waals surface area contributed by atoms with Crippen LogP contribution in [0.15, 0.2) is 12.7 Å². The minimum atomic E-state index is -2.92. The van der Waals surface area contributed by atoms with E-state index in [1.165, 1.54) is 6.92 Å². The summed E-state index contributed by atoms with van der Waals surface area (Å²) in [7, 11) is 0. The van der Waals surface area contributed by atoms with E-state index in [-0.39, 0.29) is 0 Å². The van der Waals surface area contributed by atoms with Crippen LogP contribution < -0.4 is 5.32 Å². The fourth-order valence-corrected chi connectivity index (χ4v) is 6.11. The topological polar surface area (TPSA) is 354 Å². The summed E-state index contributed by atoms with van der Waals surface area (Å²) in [5.74, 6) is -5.84. The molecule has 22 nitrogen and oxygen atoms in total. The Morgan fingerprint density at radius 3 is 2.07 bits per heavy atom. The molecule has 3 heterocycles. The first-order valence-electron chi connectivity index (χ1n) is 17.2. The van der Waals surface area contributed by atoms with Crippen molar-refractivity contribution in [2.45, 2.75) is 143 Å². The molecule has 0 aromatic carbocycles. The number of rotatable bonds is 16. The van der Waals surface area contributed by atoms with Crippen molar-refractivity contribution in [2.24, 2.45) is 5.92 Å². The Balaban J connectivity index is 1.81. The lowest BCUT2D eigenvalue weighted by Gasteiger charge is -2.50. The molecule has 3 saturated heterocycles. The highest BCUT2D eigenvalue weighted by Crippen LogP contribution is 2.40. The van der Waals surface area contributed by atoms with Gasteiger partial charge in [-0.1, -0.05) is 13.0 Å². The van der Waals surface area contributed by atoms with Gasteiger partial charge in [0.25, 0.3) is 5.79 Å². The van der Waals surface area contributed by atoms with E-state index in [2.05, 4.69) is 11.9 Å². The number of aliphatic hydroxyl groups is 11. The largest absolute Gasteiger partial charge is 0.477 e. The molecule has 0 bridgehead atoms. The second kappa shape index (κ2) is 19.3. The molecule has 22 heteroatoms. The third-order valence-electron chi connectivity index (χ3n) is 9.23. The maximum atomic E-state index is 12.6. The Morgan fingerprint density at radius 1 is 0.926 bits per heavy atom. The van der Waals surface area contributed by atoms with Gasteiger partial charge >= 0.3 is 12.1 Å². The van der Waals surface area contributed by atoms with E-state index in [1.807, 2.05) is 0 Å². The van der Waals surface area contributed by atoms with Crippen molar-refractivity contribution in [1.82, 2.24) is 5.32 Å². The molecule has 314 valence electrons. The molecule has 0 aromatic rings. The maximum Gasteiger partial charge on any atom is 0.408 e. The van der Waals surface area contributed by atoms with Crippen molar-refractivity contribution in [3.05, 3.63) is 12.7 Å². The molecule has 0 aromatic heterocycles. The third-order valence-corrected chi connectivity index (χ3v) is 9.23. The van der Waals surface area contributed by atoms with Gasteiger partial charge in [-0.25, -0.2) is 9.59 Å². The zero-order valence-corrected chi connectivity index (χ0v) is 30.2. The van der Waals surface area contributed by atoms with Crippen LogP contribution >= 0.6 is 0 Å². The average Bonchev–Trinajstić information content (AvgIpc) is 3.11. The highest BCUT2D eigenvalue weighted by atomic mass is 16.8. The molecular formula is C32H55NO21. The van der Waals surface area contributed by atoms with Gasteiger partial charge in [-0.2, -0.15) is 0 Å². The van der Waals surface area contributed by atoms with Gasteiger partial charge in [0.15, 0.2) is 12.6 Å². The summed E-state index contributed by atoms with van der Waals surface area (Å²) >= 11 is 0. The predicted octanol–water partition coefficient (Wildman–Crippen LogP) is -5.63. The fraction of sp³-hybridized carbons (Fsp3) is 0.875. The van der Waals surface area contributed by atoms with Crippen LogP contribution in [0.4, 0.5) is 4.79 Å². The maximum absolute atomic E-state index is 12.6. The van der Waals surface area contributed by atoms with Gasteiger partial charge < -0.3 is 99.8 Å². The van der Waals surface area contributed by atoms with Gasteiger partial charge in [0.05, 0.1) is 50.8 Å². The fourth-order valence-electron chi connectivity index (χ4n) is 6.11. The van der Waals surface area contributed by atoms with E-state index >= 15 is 0 Å². The second-order valence-corrected chi connectivity index (χ2v) is 14.4. The number of carboxylic acid groups (broad SMARTS) is 1. The van der Waals surface area contributed by atoms with Crippen LogP contribution in [0.5, 0.6) is 0 Å². The number of hydrogen-bond donors (Lipinski definition) is 13. The summed E-state index contributed by atoms with van der Waals surface area (Å²) in [5.41, 5.74) is -0.887. The minimum Gasteiger partial charge on any atom is -0.477 e. The van der Waals surface area contributed by atoms with E-state index in [9.17, 15) is 70.9 Å². The van der Waals surface area contributed by atoms with Crippen LogP contribution in [-0.2, 0) is 38.0 Å². The number of hydrogen-bond acceptors (Lipinski definition) is 20. The van der Waals surface area contributed by atoms with E-state index in [0.717, 1.165) is 6.08 Å². The minimum absolute atomic E-state index is 0.540. The Bertz CT molecular complexity index is 1220. The number of amides is 1. The molecule has 54 heavy (non-hydrogen) atoms. The summed E-state index contributed by atoms with van der Waals surface area (Å²) in [5, 5.41) is 128. The Morgan fingerprint density at radius 2 is 1.54 bits per heavy atom. The summed E-state index contributed by atoms with van der Waals surface area (Å²) in [6, 6.07) is -1.19. The highest BCUT2D eigenvalue weighted by Gasteiger charge is 2.59. The lowest BCUT2D eigenvalue weighted by atomic mass is 9.84. The molecule has 0 radical (unpaired) electrons. The van der Waals surface area contributed by atoms with E-state index in [4.69, 9.17) is 33.2 Å². The lowest BCUT2D eigenvalue weighted by molar-refractivity contribution is -0.388. The third kappa shape index (κ3) is 10.8. The van der Waals surface area contributed by atoms with Crippen LogP contribution in [0.3, 0.4) is 0 Å². The average molecular weight is 790 g/mol. The van der Waals surface area contributed by atoms with E-state index < -0.39 is 160 Å². The van der Waals surface area contributed by atoms with Crippen molar-refractivity contribution in [2.75, 3.05) is 26.4 Å². The first kappa shape index (κ1) is 46.2. The zero-order valence-electron chi connectivity index (χ0n) is 30.2. The van der Waals surface area contributed by atoms with Crippen LogP contribution in [-0.4, -0.2) is 209 Å². The quantitative estimate of drug-likeness (QED) is 0.0648. The summed E-state index contributed by atoms with van der Waals surface area (Å²) < 4.78 is 38.7. The van der Waals surface area contributed by atoms with Gasteiger partial charge in [0.1, 0.15) is 66.6 Å². The number of aliphatic carboxylic acids is 1. The monoisotopic (exact) mass is 789 g/mol. The van der Waals surface area contributed by atoms with Gasteiger partial charge in [-0.3, -0.25) is 0 Å². The number of carbonyl (C=O) groups is 2. The van der Waals surface area contributed by atoms with Crippen LogP contribution in [0.25, 0.3) is 0 Å². The Kier molecular flexibility index (Phi) is 16.5. The number of carbonyl (C=O) groups excluding carboxylic acids is 1. The smallest absolute Gasteiger partial charge is 0.408 e. The molecule has 18 atom stereocenters. The molecule has 0 saturated carbocycles. The number of ether oxygens (including phenoxy) is 7. The van der Waals surface area contributed by atoms with Crippen molar-refractivity contribution < 1.29 is 104 Å².